The van der Waals surface area contributed by atoms with Gasteiger partial charge in [-0.05, 0) is 30.3 Å². The molecule has 0 aliphatic carbocycles. The molecule has 0 saturated heterocycles. The molecule has 0 radical (unpaired) electrons. The summed E-state index contributed by atoms with van der Waals surface area (Å²) in [7, 11) is 1.49. The topological polar surface area (TPSA) is 133 Å². The van der Waals surface area contributed by atoms with Crippen molar-refractivity contribution in [2.75, 3.05) is 13.7 Å². The van der Waals surface area contributed by atoms with Crippen molar-refractivity contribution in [3.05, 3.63) is 105 Å². The zero-order valence-corrected chi connectivity index (χ0v) is 18.4. The number of esters is 1. The van der Waals surface area contributed by atoms with Crippen molar-refractivity contribution < 1.29 is 33.6 Å². The lowest BCUT2D eigenvalue weighted by molar-refractivity contribution is -0.385. The number of benzene rings is 3. The minimum Gasteiger partial charge on any atom is -0.497 e. The van der Waals surface area contributed by atoms with Crippen molar-refractivity contribution in [3.63, 3.8) is 0 Å². The van der Waals surface area contributed by atoms with Gasteiger partial charge >= 0.3 is 5.97 Å². The number of Topliss-reactive ketones (excluding diaryl/α,β-unsaturated/α-hetero) is 1. The van der Waals surface area contributed by atoms with E-state index in [2.05, 4.69) is 0 Å². The molecular weight excluding hydrogens is 456 g/mol. The maximum Gasteiger partial charge on any atom is 0.327 e. The second kappa shape index (κ2) is 9.56. The second-order valence-corrected chi connectivity index (χ2v) is 7.53. The molecule has 35 heavy (non-hydrogen) atoms. The van der Waals surface area contributed by atoms with Gasteiger partial charge < -0.3 is 9.47 Å². The summed E-state index contributed by atoms with van der Waals surface area (Å²) in [6, 6.07) is 18.1. The van der Waals surface area contributed by atoms with Gasteiger partial charge in [0.2, 0.25) is 5.78 Å². The lowest BCUT2D eigenvalue weighted by Gasteiger charge is -2.19. The van der Waals surface area contributed by atoms with E-state index in [0.717, 1.165) is 6.07 Å². The average molecular weight is 474 g/mol. The first kappa shape index (κ1) is 23.3. The van der Waals surface area contributed by atoms with E-state index >= 15 is 0 Å². The van der Waals surface area contributed by atoms with Crippen molar-refractivity contribution in [2.24, 2.45) is 0 Å². The summed E-state index contributed by atoms with van der Waals surface area (Å²) in [5, 5.41) is 11.3. The number of imide groups is 1. The van der Waals surface area contributed by atoms with Crippen molar-refractivity contribution in [3.8, 4) is 5.75 Å². The second-order valence-electron chi connectivity index (χ2n) is 7.53. The Morgan fingerprint density at radius 1 is 0.943 bits per heavy atom. The number of nitrogens with zero attached hydrogens (tertiary/aromatic N) is 2. The Morgan fingerprint density at radius 2 is 1.63 bits per heavy atom. The molecule has 0 aromatic heterocycles. The standard InChI is InChI=1S/C25H18N2O8/c1-34-17-12-10-15(11-13-17)22(29)23(16-6-3-2-4-7-16)35-20(28)14-26-24(30)18-8-5-9-19(27(32)33)21(18)25(26)31/h2-13,23H,14H2,1H3. The van der Waals surface area contributed by atoms with Crippen LogP contribution in [0.3, 0.4) is 0 Å². The minimum absolute atomic E-state index is 0.175. The number of carbonyl (C=O) groups excluding carboxylic acids is 4. The number of methoxy groups -OCH3 is 1. The third kappa shape index (κ3) is 4.49. The van der Waals surface area contributed by atoms with Crippen LogP contribution in [0.25, 0.3) is 0 Å². The van der Waals surface area contributed by atoms with Crippen LogP contribution in [0, 0.1) is 10.1 Å². The number of ether oxygens (including phenoxy) is 2. The highest BCUT2D eigenvalue weighted by atomic mass is 16.6. The first-order valence-corrected chi connectivity index (χ1v) is 10.4. The Hall–Kier alpha value is -4.86. The number of hydrogen-bond acceptors (Lipinski definition) is 8. The van der Waals surface area contributed by atoms with Gasteiger partial charge in [0.15, 0.2) is 6.10 Å². The first-order valence-electron chi connectivity index (χ1n) is 10.4. The van der Waals surface area contributed by atoms with Gasteiger partial charge in [0, 0.05) is 17.2 Å². The SMILES string of the molecule is COc1ccc(C(=O)C(OC(=O)CN2C(=O)c3cccc([N+](=O)[O-])c3C2=O)c2ccccc2)cc1. The van der Waals surface area contributed by atoms with Gasteiger partial charge in [-0.3, -0.25) is 34.2 Å². The fourth-order valence-electron chi connectivity index (χ4n) is 3.72. The molecule has 3 aromatic carbocycles. The van der Waals surface area contributed by atoms with Crippen molar-refractivity contribution in [2.45, 2.75) is 6.10 Å². The Bertz CT molecular complexity index is 1340. The Morgan fingerprint density at radius 3 is 2.26 bits per heavy atom. The average Bonchev–Trinajstić information content (AvgIpc) is 3.12. The highest BCUT2D eigenvalue weighted by Gasteiger charge is 2.42. The van der Waals surface area contributed by atoms with Gasteiger partial charge in [-0.2, -0.15) is 0 Å². The largest absolute Gasteiger partial charge is 0.497 e. The summed E-state index contributed by atoms with van der Waals surface area (Å²) >= 11 is 0. The van der Waals surface area contributed by atoms with Crippen molar-refractivity contribution in [1.29, 1.82) is 0 Å². The molecule has 10 nitrogen and oxygen atoms in total. The highest BCUT2D eigenvalue weighted by Crippen LogP contribution is 2.31. The maximum atomic E-state index is 13.2. The molecule has 0 spiro atoms. The van der Waals surface area contributed by atoms with E-state index in [1.54, 1.807) is 42.5 Å². The third-order valence-electron chi connectivity index (χ3n) is 5.43. The van der Waals surface area contributed by atoms with Gasteiger partial charge in [0.05, 0.1) is 17.6 Å². The van der Waals surface area contributed by atoms with E-state index in [4.69, 9.17) is 9.47 Å². The zero-order chi connectivity index (χ0) is 25.1. The molecule has 176 valence electrons. The Kier molecular flexibility index (Phi) is 6.36. The summed E-state index contributed by atoms with van der Waals surface area (Å²) in [6.45, 7) is -0.817. The molecule has 0 saturated carbocycles. The van der Waals surface area contributed by atoms with Crippen LogP contribution >= 0.6 is 0 Å². The number of hydrogen-bond donors (Lipinski definition) is 0. The van der Waals surface area contributed by atoms with Crippen LogP contribution in [-0.4, -0.2) is 47.0 Å². The summed E-state index contributed by atoms with van der Waals surface area (Å²) in [6.07, 6.45) is -1.35. The van der Waals surface area contributed by atoms with Crippen LogP contribution in [0.15, 0.2) is 72.8 Å². The lowest BCUT2D eigenvalue weighted by atomic mass is 9.99. The summed E-state index contributed by atoms with van der Waals surface area (Å²) in [5.74, 6) is -2.85. The molecule has 1 aliphatic heterocycles. The van der Waals surface area contributed by atoms with Gasteiger partial charge in [0.1, 0.15) is 17.9 Å². The molecule has 1 atom stereocenters. The quantitative estimate of drug-likeness (QED) is 0.160. The normalized spacial score (nSPS) is 13.2. The summed E-state index contributed by atoms with van der Waals surface area (Å²) < 4.78 is 10.5. The molecule has 0 fully saturated rings. The molecular formula is C25H18N2O8. The number of rotatable bonds is 8. The van der Waals surface area contributed by atoms with E-state index in [1.165, 1.54) is 31.4 Å². The van der Waals surface area contributed by atoms with E-state index in [9.17, 15) is 29.3 Å². The summed E-state index contributed by atoms with van der Waals surface area (Å²) in [4.78, 5) is 62.5. The van der Waals surface area contributed by atoms with Crippen LogP contribution in [-0.2, 0) is 9.53 Å². The van der Waals surface area contributed by atoms with E-state index in [0.29, 0.717) is 16.2 Å². The fraction of sp³-hybridized carbons (Fsp3) is 0.120. The van der Waals surface area contributed by atoms with E-state index in [-0.39, 0.29) is 16.7 Å². The van der Waals surface area contributed by atoms with Crippen molar-refractivity contribution >= 4 is 29.3 Å². The zero-order valence-electron chi connectivity index (χ0n) is 18.4. The molecule has 1 unspecified atom stereocenters. The van der Waals surface area contributed by atoms with E-state index in [1.807, 2.05) is 0 Å². The number of nitro benzene ring substituents is 1. The molecule has 10 heteroatoms. The molecule has 3 aromatic rings. The van der Waals surface area contributed by atoms with Gasteiger partial charge in [-0.1, -0.05) is 36.4 Å². The lowest BCUT2D eigenvalue weighted by Crippen LogP contribution is -2.36. The molecule has 1 heterocycles. The number of fused-ring (bicyclic) bond motifs is 1. The number of amides is 2. The fourth-order valence-corrected chi connectivity index (χ4v) is 3.72. The predicted octanol–water partition coefficient (Wildman–Crippen LogP) is 3.37. The Balaban J connectivity index is 1.57. The van der Waals surface area contributed by atoms with Gasteiger partial charge in [-0.25, -0.2) is 0 Å². The number of ketones is 1. The van der Waals surface area contributed by atoms with Crippen LogP contribution in [0.2, 0.25) is 0 Å². The van der Waals surface area contributed by atoms with E-state index < -0.39 is 46.8 Å². The van der Waals surface area contributed by atoms with Crippen LogP contribution in [0.4, 0.5) is 5.69 Å². The molecule has 4 rings (SSSR count). The van der Waals surface area contributed by atoms with Gasteiger partial charge in [0.25, 0.3) is 17.5 Å². The molecule has 2 amide bonds. The smallest absolute Gasteiger partial charge is 0.327 e. The van der Waals surface area contributed by atoms with Crippen LogP contribution in [0.5, 0.6) is 5.75 Å². The minimum atomic E-state index is -1.35. The van der Waals surface area contributed by atoms with Gasteiger partial charge in [-0.15, -0.1) is 0 Å². The van der Waals surface area contributed by atoms with Crippen LogP contribution in [0.1, 0.15) is 42.7 Å². The predicted molar refractivity (Wildman–Crippen MR) is 121 cm³/mol. The van der Waals surface area contributed by atoms with Crippen LogP contribution < -0.4 is 4.74 Å². The number of carbonyl (C=O) groups is 4. The third-order valence-corrected chi connectivity index (χ3v) is 5.43. The van der Waals surface area contributed by atoms with Crippen molar-refractivity contribution in [1.82, 2.24) is 4.90 Å². The molecule has 0 N–H and O–H groups in total. The molecule has 1 aliphatic rings. The Labute approximate surface area is 198 Å². The number of nitro groups is 1. The maximum absolute atomic E-state index is 13.2. The monoisotopic (exact) mass is 474 g/mol. The first-order chi connectivity index (χ1) is 16.8. The summed E-state index contributed by atoms with van der Waals surface area (Å²) in [5.41, 5.74) is -0.452. The molecule has 0 bridgehead atoms. The highest BCUT2D eigenvalue weighted by molar-refractivity contribution is 6.24.